The van der Waals surface area contributed by atoms with E-state index in [1.165, 1.54) is 6.42 Å². The second-order valence-corrected chi connectivity index (χ2v) is 9.26. The fourth-order valence-corrected chi connectivity index (χ4v) is 1.34. The summed E-state index contributed by atoms with van der Waals surface area (Å²) in [5.74, 6) is 3.77. The average molecular weight is 200 g/mol. The van der Waals surface area contributed by atoms with Crippen LogP contribution in [0.15, 0.2) is 12.7 Å². The molecule has 0 N–H and O–H groups in total. The minimum atomic E-state index is -1.16. The summed E-state index contributed by atoms with van der Waals surface area (Å²) >= 11 is 0. The Morgan fingerprint density at radius 1 is 1.43 bits per heavy atom. The Hall–Kier alpha value is -0.0157. The molecule has 0 aliphatic carbocycles. The van der Waals surface area contributed by atoms with Gasteiger partial charge in [-0.1, -0.05) is 45.5 Å². The number of allylic oxidation sites excluding steroid dienone is 1. The molecule has 2 heteroatoms. The molecule has 0 aromatic heterocycles. The van der Waals surface area contributed by atoms with E-state index in [9.17, 15) is 0 Å². The first-order valence-corrected chi connectivity index (χ1v) is 8.42. The molecule has 0 aliphatic rings. The van der Waals surface area contributed by atoms with Crippen molar-refractivity contribution in [3.63, 3.8) is 0 Å². The van der Waals surface area contributed by atoms with Gasteiger partial charge in [0.15, 0.2) is 0 Å². The molecular weight excluding hydrogens is 179 g/mol. The van der Waals surface area contributed by atoms with Crippen molar-refractivity contribution in [2.75, 3.05) is 0 Å². The van der Waals surface area contributed by atoms with Gasteiger partial charge >= 0.3 is 18.9 Å². The number of unbranched alkanes of at least 4 members (excludes halogenated alkanes) is 1. The maximum absolute atomic E-state index is 3.76. The number of rotatable bonds is 4. The van der Waals surface area contributed by atoms with Crippen LogP contribution in [0.4, 0.5) is 0 Å². The van der Waals surface area contributed by atoms with E-state index in [2.05, 4.69) is 51.0 Å². The molecular formula is C12H21LiSi. The van der Waals surface area contributed by atoms with E-state index in [1.54, 1.807) is 0 Å². The van der Waals surface area contributed by atoms with E-state index in [-0.39, 0.29) is 18.9 Å². The topological polar surface area (TPSA) is 0 Å². The molecule has 0 radical (unpaired) electrons. The van der Waals surface area contributed by atoms with Crippen molar-refractivity contribution < 1.29 is 18.9 Å². The second kappa shape index (κ2) is 8.31. The summed E-state index contributed by atoms with van der Waals surface area (Å²) < 4.78 is 0. The minimum Gasteiger partial charge on any atom is -0.332 e. The first-order valence-electron chi connectivity index (χ1n) is 4.92. The summed E-state index contributed by atoms with van der Waals surface area (Å²) in [7, 11) is -1.16. The maximum atomic E-state index is 3.76. The molecule has 0 saturated carbocycles. The van der Waals surface area contributed by atoms with E-state index >= 15 is 0 Å². The molecule has 74 valence electrons. The van der Waals surface area contributed by atoms with E-state index in [1.807, 2.05) is 6.08 Å². The van der Waals surface area contributed by atoms with Crippen molar-refractivity contribution in [1.82, 2.24) is 0 Å². The van der Waals surface area contributed by atoms with Crippen LogP contribution >= 0.6 is 0 Å². The standard InChI is InChI=1S/C12H21Si.Li/c1-6-12(2)10-8-7-9-11-13(3,4)5;/h6-7,12H,1,8,10H2,2-5H3;/q-1;+1. The van der Waals surface area contributed by atoms with Gasteiger partial charge in [0.2, 0.25) is 0 Å². The first-order chi connectivity index (χ1) is 5.95. The number of hydrogen-bond donors (Lipinski definition) is 0. The van der Waals surface area contributed by atoms with E-state index in [0.717, 1.165) is 6.42 Å². The third-order valence-corrected chi connectivity index (χ3v) is 2.61. The van der Waals surface area contributed by atoms with Gasteiger partial charge in [0.25, 0.3) is 0 Å². The average Bonchev–Trinajstić information content (AvgIpc) is 2.01. The van der Waals surface area contributed by atoms with Crippen molar-refractivity contribution in [2.24, 2.45) is 5.92 Å². The van der Waals surface area contributed by atoms with Crippen LogP contribution in [0.2, 0.25) is 19.6 Å². The molecule has 0 amide bonds. The predicted octanol–water partition coefficient (Wildman–Crippen LogP) is 0.678. The fourth-order valence-electron chi connectivity index (χ4n) is 0.804. The molecule has 0 saturated heterocycles. The van der Waals surface area contributed by atoms with E-state index in [0.29, 0.717) is 5.92 Å². The molecule has 0 heterocycles. The zero-order valence-corrected chi connectivity index (χ0v) is 11.4. The predicted molar refractivity (Wildman–Crippen MR) is 64.0 cm³/mol. The quantitative estimate of drug-likeness (QED) is 0.206. The van der Waals surface area contributed by atoms with Gasteiger partial charge in [-0.05, 0) is 5.92 Å². The molecule has 0 aromatic carbocycles. The molecule has 14 heavy (non-hydrogen) atoms. The van der Waals surface area contributed by atoms with Gasteiger partial charge < -0.3 is 5.54 Å². The molecule has 0 fully saturated rings. The summed E-state index contributed by atoms with van der Waals surface area (Å²) in [6.07, 6.45) is 6.35. The Bertz CT molecular complexity index is 205. The van der Waals surface area contributed by atoms with Crippen LogP contribution in [0.1, 0.15) is 19.8 Å². The van der Waals surface area contributed by atoms with Crippen LogP contribution in [0.25, 0.3) is 0 Å². The van der Waals surface area contributed by atoms with Gasteiger partial charge in [-0.3, -0.25) is 5.92 Å². The van der Waals surface area contributed by atoms with Gasteiger partial charge in [-0.25, -0.2) is 0 Å². The van der Waals surface area contributed by atoms with E-state index in [4.69, 9.17) is 0 Å². The summed E-state index contributed by atoms with van der Waals surface area (Å²) in [6.45, 7) is 12.7. The Morgan fingerprint density at radius 3 is 2.43 bits per heavy atom. The van der Waals surface area contributed by atoms with Gasteiger partial charge in [0, 0.05) is 8.07 Å². The van der Waals surface area contributed by atoms with Crippen LogP contribution in [-0.2, 0) is 0 Å². The summed E-state index contributed by atoms with van der Waals surface area (Å²) in [5.41, 5.74) is 3.32. The molecule has 1 atom stereocenters. The minimum absolute atomic E-state index is 0. The summed E-state index contributed by atoms with van der Waals surface area (Å²) in [5, 5.41) is 0. The third-order valence-electron chi connectivity index (χ3n) is 1.72. The molecule has 0 nitrogen and oxygen atoms in total. The van der Waals surface area contributed by atoms with Crippen LogP contribution in [0, 0.1) is 23.8 Å². The normalized spacial score (nSPS) is 11.7. The fraction of sp³-hybridized carbons (Fsp3) is 0.583. The summed E-state index contributed by atoms with van der Waals surface area (Å²) in [6, 6.07) is 0. The Morgan fingerprint density at radius 2 is 2.00 bits per heavy atom. The van der Waals surface area contributed by atoms with Gasteiger partial charge in [0.1, 0.15) is 0 Å². The Balaban J connectivity index is 0. The van der Waals surface area contributed by atoms with Crippen molar-refractivity contribution in [3.8, 4) is 11.5 Å². The van der Waals surface area contributed by atoms with Crippen LogP contribution < -0.4 is 18.9 Å². The van der Waals surface area contributed by atoms with Crippen molar-refractivity contribution in [2.45, 2.75) is 39.4 Å². The van der Waals surface area contributed by atoms with E-state index < -0.39 is 8.07 Å². The molecule has 0 aromatic rings. The van der Waals surface area contributed by atoms with Gasteiger partial charge in [-0.15, -0.1) is 6.58 Å². The van der Waals surface area contributed by atoms with Crippen molar-refractivity contribution >= 4 is 8.07 Å². The molecule has 0 aliphatic heterocycles. The SMILES string of the molecule is C=CC(C)CC[CH-]C#C[Si](C)(C)C.[Li+]. The molecule has 0 rings (SSSR count). The molecule has 1 unspecified atom stereocenters. The zero-order valence-electron chi connectivity index (χ0n) is 10.4. The largest absolute Gasteiger partial charge is 1.00 e. The summed E-state index contributed by atoms with van der Waals surface area (Å²) in [4.78, 5) is 0. The van der Waals surface area contributed by atoms with Crippen molar-refractivity contribution in [3.05, 3.63) is 19.1 Å². The van der Waals surface area contributed by atoms with Crippen LogP contribution in [0.3, 0.4) is 0 Å². The second-order valence-electron chi connectivity index (χ2n) is 4.51. The zero-order chi connectivity index (χ0) is 10.3. The molecule has 0 spiro atoms. The maximum Gasteiger partial charge on any atom is 1.00 e. The van der Waals surface area contributed by atoms with Gasteiger partial charge in [-0.2, -0.15) is 6.42 Å². The third kappa shape index (κ3) is 12.0. The smallest absolute Gasteiger partial charge is 0.332 e. The van der Waals surface area contributed by atoms with Gasteiger partial charge in [0.05, 0.1) is 0 Å². The number of hydrogen-bond acceptors (Lipinski definition) is 0. The Labute approximate surface area is 103 Å². The molecule has 0 bridgehead atoms. The van der Waals surface area contributed by atoms with Crippen LogP contribution in [0.5, 0.6) is 0 Å². The monoisotopic (exact) mass is 200 g/mol. The Kier molecular flexibility index (Phi) is 9.74. The van der Waals surface area contributed by atoms with Crippen LogP contribution in [-0.4, -0.2) is 8.07 Å². The first kappa shape index (κ1) is 16.4. The van der Waals surface area contributed by atoms with Crippen molar-refractivity contribution in [1.29, 1.82) is 0 Å².